The Kier molecular flexibility index (Phi) is 2.77. The molecule has 0 aromatic rings. The summed E-state index contributed by atoms with van der Waals surface area (Å²) in [5, 5.41) is 0. The molecule has 0 N–H and O–H groups in total. The van der Waals surface area contributed by atoms with Gasteiger partial charge < -0.3 is 18.9 Å². The Hall–Kier alpha value is 0.800. The first-order valence-electron chi connectivity index (χ1n) is 5.72. The van der Waals surface area contributed by atoms with Crippen molar-refractivity contribution in [3.8, 4) is 0 Å². The highest BCUT2D eigenvalue weighted by Crippen LogP contribution is 2.67. The minimum absolute atomic E-state index is 0.0659. The van der Waals surface area contributed by atoms with Gasteiger partial charge in [-0.15, -0.1) is 0 Å². The van der Waals surface area contributed by atoms with Crippen LogP contribution in [0.15, 0.2) is 0 Å². The molecular formula is C11H16Br2O4. The standard InChI is InChI=1S/C11H16Br2O4/c1-9(2)16-7-6(14-3)4-15-10(8(7)17-9)5-11(10,12)13/h6-8H,4-5H2,1-3H3/t6-,7?,8?,10-/m1/s1. The second kappa shape index (κ2) is 3.67. The first-order chi connectivity index (χ1) is 7.81. The van der Waals surface area contributed by atoms with Crippen LogP contribution < -0.4 is 0 Å². The third kappa shape index (κ3) is 1.75. The maximum atomic E-state index is 6.01. The van der Waals surface area contributed by atoms with Crippen LogP contribution >= 0.6 is 31.9 Å². The fourth-order valence-corrected chi connectivity index (χ4v) is 4.30. The summed E-state index contributed by atoms with van der Waals surface area (Å²) < 4.78 is 23.2. The van der Waals surface area contributed by atoms with E-state index < -0.39 is 5.79 Å². The van der Waals surface area contributed by atoms with Crippen LogP contribution in [-0.4, -0.2) is 46.7 Å². The summed E-state index contributed by atoms with van der Waals surface area (Å²) in [6.07, 6.45) is 0.635. The van der Waals surface area contributed by atoms with Crippen molar-refractivity contribution in [2.75, 3.05) is 13.7 Å². The van der Waals surface area contributed by atoms with Crippen molar-refractivity contribution in [3.63, 3.8) is 0 Å². The molecule has 2 aliphatic heterocycles. The number of hydrogen-bond acceptors (Lipinski definition) is 4. The predicted octanol–water partition coefficient (Wildman–Crippen LogP) is 2.18. The zero-order valence-electron chi connectivity index (χ0n) is 10.0. The predicted molar refractivity (Wildman–Crippen MR) is 68.5 cm³/mol. The fraction of sp³-hybridized carbons (Fsp3) is 1.00. The molecule has 3 rings (SSSR count). The first kappa shape index (κ1) is 12.8. The Balaban J connectivity index is 1.90. The van der Waals surface area contributed by atoms with Crippen LogP contribution in [0.2, 0.25) is 0 Å². The molecule has 2 saturated heterocycles. The highest BCUT2D eigenvalue weighted by molar-refractivity contribution is 9.25. The van der Waals surface area contributed by atoms with E-state index in [1.165, 1.54) is 0 Å². The maximum absolute atomic E-state index is 6.01. The monoisotopic (exact) mass is 370 g/mol. The van der Waals surface area contributed by atoms with Gasteiger partial charge in [-0.1, -0.05) is 31.9 Å². The molecule has 98 valence electrons. The highest BCUT2D eigenvalue weighted by atomic mass is 79.9. The SMILES string of the molecule is CO[C@@H]1CO[C@]2(CC2(Br)Br)C2OC(C)(C)OC21. The molecule has 0 aromatic heterocycles. The van der Waals surface area contributed by atoms with Gasteiger partial charge in [0.25, 0.3) is 0 Å². The Morgan fingerprint density at radius 2 is 1.88 bits per heavy atom. The van der Waals surface area contributed by atoms with Crippen LogP contribution in [0, 0.1) is 0 Å². The van der Waals surface area contributed by atoms with E-state index in [0.29, 0.717) is 6.61 Å². The lowest BCUT2D eigenvalue weighted by atomic mass is 9.98. The van der Waals surface area contributed by atoms with Crippen LogP contribution in [0.25, 0.3) is 0 Å². The normalized spacial score (nSPS) is 50.3. The van der Waals surface area contributed by atoms with Crippen LogP contribution in [0.4, 0.5) is 0 Å². The largest absolute Gasteiger partial charge is 0.376 e. The van der Waals surface area contributed by atoms with Crippen molar-refractivity contribution in [3.05, 3.63) is 0 Å². The highest BCUT2D eigenvalue weighted by Gasteiger charge is 2.77. The molecule has 1 spiro atoms. The third-order valence-electron chi connectivity index (χ3n) is 3.74. The molecule has 0 bridgehead atoms. The van der Waals surface area contributed by atoms with Crippen LogP contribution in [-0.2, 0) is 18.9 Å². The number of methoxy groups -OCH3 is 1. The molecule has 3 fully saturated rings. The fourth-order valence-electron chi connectivity index (χ4n) is 2.78. The summed E-state index contributed by atoms with van der Waals surface area (Å²) >= 11 is 7.27. The summed E-state index contributed by atoms with van der Waals surface area (Å²) in [5.74, 6) is -0.578. The summed E-state index contributed by atoms with van der Waals surface area (Å²) in [6.45, 7) is 4.40. The minimum atomic E-state index is -0.578. The van der Waals surface area contributed by atoms with Gasteiger partial charge >= 0.3 is 0 Å². The molecule has 0 aromatic carbocycles. The second-order valence-electron chi connectivity index (χ2n) is 5.38. The van der Waals surface area contributed by atoms with Gasteiger partial charge in [0.15, 0.2) is 5.79 Å². The number of ether oxygens (including phenoxy) is 4. The van der Waals surface area contributed by atoms with Gasteiger partial charge in [-0.3, -0.25) is 0 Å². The van der Waals surface area contributed by atoms with Crippen LogP contribution in [0.3, 0.4) is 0 Å². The Morgan fingerprint density at radius 1 is 1.24 bits per heavy atom. The summed E-state index contributed by atoms with van der Waals surface area (Å²) in [4.78, 5) is 0. The van der Waals surface area contributed by atoms with Crippen LogP contribution in [0.5, 0.6) is 0 Å². The molecule has 2 unspecified atom stereocenters. The van der Waals surface area contributed by atoms with Crippen molar-refractivity contribution in [1.29, 1.82) is 0 Å². The lowest BCUT2D eigenvalue weighted by molar-refractivity contribution is -0.166. The quantitative estimate of drug-likeness (QED) is 0.662. The van der Waals surface area contributed by atoms with Crippen molar-refractivity contribution >= 4 is 31.9 Å². The lowest BCUT2D eigenvalue weighted by Gasteiger charge is -2.37. The molecule has 4 atom stereocenters. The topological polar surface area (TPSA) is 36.9 Å². The van der Waals surface area contributed by atoms with Gasteiger partial charge in [-0.05, 0) is 13.8 Å². The number of alkyl halides is 2. The first-order valence-corrected chi connectivity index (χ1v) is 7.30. The van der Waals surface area contributed by atoms with Crippen molar-refractivity contribution in [2.24, 2.45) is 0 Å². The average Bonchev–Trinajstić information content (AvgIpc) is 2.59. The number of fused-ring (bicyclic) bond motifs is 2. The smallest absolute Gasteiger partial charge is 0.164 e. The number of halogens is 2. The Labute approximate surface area is 118 Å². The average molecular weight is 372 g/mol. The van der Waals surface area contributed by atoms with E-state index >= 15 is 0 Å². The molecule has 4 nitrogen and oxygen atoms in total. The number of hydrogen-bond donors (Lipinski definition) is 0. The summed E-state index contributed by atoms with van der Waals surface area (Å²) in [7, 11) is 1.68. The Bertz CT molecular complexity index is 346. The van der Waals surface area contributed by atoms with Gasteiger partial charge in [0, 0.05) is 13.5 Å². The third-order valence-corrected chi connectivity index (χ3v) is 5.64. The minimum Gasteiger partial charge on any atom is -0.376 e. The van der Waals surface area contributed by atoms with Gasteiger partial charge in [-0.25, -0.2) is 0 Å². The summed E-state index contributed by atoms with van der Waals surface area (Å²) in [6, 6.07) is 0. The van der Waals surface area contributed by atoms with E-state index in [4.69, 9.17) is 18.9 Å². The second-order valence-corrected chi connectivity index (χ2v) is 9.15. The van der Waals surface area contributed by atoms with E-state index in [9.17, 15) is 0 Å². The van der Waals surface area contributed by atoms with E-state index in [0.717, 1.165) is 6.42 Å². The molecule has 2 heterocycles. The van der Waals surface area contributed by atoms with E-state index in [2.05, 4.69) is 31.9 Å². The van der Waals surface area contributed by atoms with Gasteiger partial charge in [0.05, 0.1) is 6.61 Å². The van der Waals surface area contributed by atoms with E-state index in [1.54, 1.807) is 7.11 Å². The summed E-state index contributed by atoms with van der Waals surface area (Å²) in [5.41, 5.74) is -0.333. The van der Waals surface area contributed by atoms with Crippen molar-refractivity contribution in [2.45, 2.75) is 53.2 Å². The van der Waals surface area contributed by atoms with Crippen LogP contribution in [0.1, 0.15) is 20.3 Å². The van der Waals surface area contributed by atoms with Gasteiger partial charge in [-0.2, -0.15) is 0 Å². The molecule has 0 radical (unpaired) electrons. The number of rotatable bonds is 1. The molecular weight excluding hydrogens is 356 g/mol. The zero-order chi connectivity index (χ0) is 12.5. The Morgan fingerprint density at radius 3 is 2.41 bits per heavy atom. The molecule has 1 aliphatic carbocycles. The van der Waals surface area contributed by atoms with Gasteiger partial charge in [0.1, 0.15) is 27.1 Å². The molecule has 3 aliphatic rings. The van der Waals surface area contributed by atoms with E-state index in [-0.39, 0.29) is 27.1 Å². The maximum Gasteiger partial charge on any atom is 0.164 e. The molecule has 17 heavy (non-hydrogen) atoms. The lowest BCUT2D eigenvalue weighted by Crippen LogP contribution is -2.55. The van der Waals surface area contributed by atoms with Crippen molar-refractivity contribution in [1.82, 2.24) is 0 Å². The molecule has 1 saturated carbocycles. The van der Waals surface area contributed by atoms with Crippen molar-refractivity contribution < 1.29 is 18.9 Å². The van der Waals surface area contributed by atoms with E-state index in [1.807, 2.05) is 13.8 Å². The zero-order valence-corrected chi connectivity index (χ0v) is 13.2. The van der Waals surface area contributed by atoms with Gasteiger partial charge in [0.2, 0.25) is 0 Å². The molecule has 0 amide bonds. The molecule has 6 heteroatoms.